The number of nitrogens with one attached hydrogen (secondary N) is 2. The number of imidazole rings is 1. The van der Waals surface area contributed by atoms with Crippen molar-refractivity contribution in [3.63, 3.8) is 0 Å². The largest absolute Gasteiger partial charge is 0.369 e. The molecule has 4 aromatic rings. The van der Waals surface area contributed by atoms with Crippen molar-refractivity contribution in [1.29, 1.82) is 0 Å². The Labute approximate surface area is 195 Å². The third-order valence-electron chi connectivity index (χ3n) is 5.49. The number of anilines is 3. The highest BCUT2D eigenvalue weighted by molar-refractivity contribution is 7.84. The average molecular weight is 469 g/mol. The lowest BCUT2D eigenvalue weighted by atomic mass is 10.1. The Balaban J connectivity index is 0.00000126. The zero-order chi connectivity index (χ0) is 23.5. The van der Waals surface area contributed by atoms with Crippen LogP contribution < -0.4 is 15.5 Å². The number of fused-ring (bicyclic) bond motifs is 2. The van der Waals surface area contributed by atoms with Crippen molar-refractivity contribution in [1.82, 2.24) is 19.7 Å². The van der Waals surface area contributed by atoms with Gasteiger partial charge in [0.05, 0.1) is 27.1 Å². The smallest absolute Gasteiger partial charge is 0.173 e. The Kier molecular flexibility index (Phi) is 6.90. The van der Waals surface area contributed by atoms with Gasteiger partial charge in [-0.15, -0.1) is 0 Å². The van der Waals surface area contributed by atoms with Gasteiger partial charge in [0.1, 0.15) is 5.82 Å². The molecule has 33 heavy (non-hydrogen) atoms. The van der Waals surface area contributed by atoms with Gasteiger partial charge in [0.15, 0.2) is 11.5 Å². The second-order valence-corrected chi connectivity index (χ2v) is 9.06. The molecule has 0 radical (unpaired) electrons. The van der Waals surface area contributed by atoms with Gasteiger partial charge in [0, 0.05) is 68.2 Å². The molecule has 174 valence electrons. The van der Waals surface area contributed by atoms with Crippen LogP contribution in [0, 0.1) is 12.7 Å². The molecule has 0 aliphatic carbocycles. The molecule has 1 aliphatic heterocycles. The van der Waals surface area contributed by atoms with Crippen molar-refractivity contribution in [3.8, 4) is 0 Å². The molecule has 1 aromatic carbocycles. The van der Waals surface area contributed by atoms with Crippen LogP contribution in [0.4, 0.5) is 21.6 Å². The monoisotopic (exact) mass is 468 g/mol. The van der Waals surface area contributed by atoms with E-state index in [1.54, 1.807) is 29.2 Å². The van der Waals surface area contributed by atoms with Gasteiger partial charge in [-0.2, -0.15) is 0 Å². The van der Waals surface area contributed by atoms with Crippen LogP contribution in [0.5, 0.6) is 0 Å². The third-order valence-corrected chi connectivity index (χ3v) is 6.43. The number of nitrogens with zero attached hydrogens (tertiary/aromatic N) is 4. The highest BCUT2D eigenvalue weighted by Gasteiger charge is 2.18. The summed E-state index contributed by atoms with van der Waals surface area (Å²) in [5.41, 5.74) is 2.62. The Morgan fingerprint density at radius 3 is 2.64 bits per heavy atom. The first-order chi connectivity index (χ1) is 16.0. The number of piperazine rings is 1. The Morgan fingerprint density at radius 2 is 1.91 bits per heavy atom. The van der Waals surface area contributed by atoms with Crippen molar-refractivity contribution in [2.24, 2.45) is 0 Å². The Hall–Kier alpha value is -3.04. The minimum absolute atomic E-state index is 0.282. The quantitative estimate of drug-likeness (QED) is 0.467. The number of rotatable bonds is 4. The molecule has 1 unspecified atom stereocenters. The van der Waals surface area contributed by atoms with Gasteiger partial charge < -0.3 is 19.9 Å². The molecule has 4 heterocycles. The molecular formula is C24H29FN6OS. The van der Waals surface area contributed by atoms with Gasteiger partial charge in [-0.25, -0.2) is 14.4 Å². The van der Waals surface area contributed by atoms with Crippen LogP contribution in [-0.4, -0.2) is 51.0 Å². The summed E-state index contributed by atoms with van der Waals surface area (Å²) < 4.78 is 28.9. The second-order valence-electron chi connectivity index (χ2n) is 7.71. The summed E-state index contributed by atoms with van der Waals surface area (Å²) in [7, 11) is -1.22. The summed E-state index contributed by atoms with van der Waals surface area (Å²) in [6, 6.07) is 7.41. The molecule has 1 fully saturated rings. The van der Waals surface area contributed by atoms with Gasteiger partial charge in [-0.05, 0) is 30.5 Å². The Morgan fingerprint density at radius 1 is 1.15 bits per heavy atom. The maximum Gasteiger partial charge on any atom is 0.173 e. The molecule has 2 N–H and O–H groups in total. The number of hydrogen-bond donors (Lipinski definition) is 2. The lowest BCUT2D eigenvalue weighted by Gasteiger charge is -2.30. The molecule has 3 aromatic heterocycles. The van der Waals surface area contributed by atoms with Crippen molar-refractivity contribution >= 4 is 44.4 Å². The summed E-state index contributed by atoms with van der Waals surface area (Å²) in [4.78, 5) is 11.7. The van der Waals surface area contributed by atoms with Crippen molar-refractivity contribution < 1.29 is 8.60 Å². The van der Waals surface area contributed by atoms with E-state index in [2.05, 4.69) is 31.6 Å². The standard InChI is InChI=1S/C22H23FN6OS.C2H6/c1-14-12-29-13-16(10-18(23)22(29)26-14)27-21-20-15(3-4-25-21)9-17(11-19(20)31(2)30)28-7-5-24-6-8-28;1-2/h3-4,9-13,24H,5-8H2,1-2H3,(H,25,27);1-2H3. The molecule has 9 heteroatoms. The molecule has 7 nitrogen and oxygen atoms in total. The Bertz CT molecular complexity index is 1320. The van der Waals surface area contributed by atoms with E-state index < -0.39 is 16.6 Å². The number of hydrogen-bond acceptors (Lipinski definition) is 6. The summed E-state index contributed by atoms with van der Waals surface area (Å²) in [6.45, 7) is 9.48. The predicted molar refractivity (Wildman–Crippen MR) is 134 cm³/mol. The maximum absolute atomic E-state index is 14.5. The van der Waals surface area contributed by atoms with Gasteiger partial charge in [0.25, 0.3) is 0 Å². The van der Waals surface area contributed by atoms with Crippen molar-refractivity contribution in [3.05, 3.63) is 54.4 Å². The highest BCUT2D eigenvalue weighted by Crippen LogP contribution is 2.34. The molecule has 0 amide bonds. The predicted octanol–water partition coefficient (Wildman–Crippen LogP) is 4.25. The minimum atomic E-state index is -1.22. The van der Waals surface area contributed by atoms with Crippen LogP contribution in [0.15, 0.2) is 47.8 Å². The van der Waals surface area contributed by atoms with E-state index in [9.17, 15) is 8.60 Å². The molecular weight excluding hydrogens is 439 g/mol. The fourth-order valence-corrected chi connectivity index (χ4v) is 4.86. The summed E-state index contributed by atoms with van der Waals surface area (Å²) in [5, 5.41) is 8.31. The van der Waals surface area contributed by atoms with E-state index in [0.29, 0.717) is 16.4 Å². The van der Waals surface area contributed by atoms with E-state index in [4.69, 9.17) is 0 Å². The first kappa shape index (κ1) is 23.1. The highest BCUT2D eigenvalue weighted by atomic mass is 32.2. The van der Waals surface area contributed by atoms with E-state index in [1.165, 1.54) is 6.07 Å². The number of aryl methyl sites for hydroxylation is 1. The van der Waals surface area contributed by atoms with E-state index in [-0.39, 0.29) is 5.65 Å². The van der Waals surface area contributed by atoms with Gasteiger partial charge in [-0.1, -0.05) is 13.8 Å². The molecule has 1 atom stereocenters. The first-order valence-corrected chi connectivity index (χ1v) is 12.7. The fraction of sp³-hybridized carbons (Fsp3) is 0.333. The summed E-state index contributed by atoms with van der Waals surface area (Å²) in [5.74, 6) is 0.128. The average Bonchev–Trinajstić information content (AvgIpc) is 3.21. The molecule has 0 saturated carbocycles. The SMILES string of the molecule is CC.Cc1cn2cc(Nc3nccc4cc(N5CCNCC5)cc(S(C)=O)c34)cc(F)c2n1. The molecule has 1 aliphatic rings. The van der Waals surface area contributed by atoms with Crippen LogP contribution in [0.25, 0.3) is 16.4 Å². The lowest BCUT2D eigenvalue weighted by Crippen LogP contribution is -2.43. The van der Waals surface area contributed by atoms with E-state index >= 15 is 0 Å². The normalized spacial score (nSPS) is 14.8. The molecule has 5 rings (SSSR count). The van der Waals surface area contributed by atoms with Crippen LogP contribution in [-0.2, 0) is 10.8 Å². The van der Waals surface area contributed by atoms with Crippen LogP contribution in [0.1, 0.15) is 19.5 Å². The zero-order valence-electron chi connectivity index (χ0n) is 19.4. The number of pyridine rings is 2. The number of aromatic nitrogens is 3. The summed E-state index contributed by atoms with van der Waals surface area (Å²) >= 11 is 0. The zero-order valence-corrected chi connectivity index (χ0v) is 20.2. The van der Waals surface area contributed by atoms with Gasteiger partial charge in [0.2, 0.25) is 0 Å². The van der Waals surface area contributed by atoms with Gasteiger partial charge in [-0.3, -0.25) is 4.21 Å². The maximum atomic E-state index is 14.5. The third kappa shape index (κ3) is 4.69. The summed E-state index contributed by atoms with van der Waals surface area (Å²) in [6.07, 6.45) is 6.93. The van der Waals surface area contributed by atoms with Crippen LogP contribution in [0.2, 0.25) is 0 Å². The van der Waals surface area contributed by atoms with E-state index in [1.807, 2.05) is 32.9 Å². The molecule has 1 saturated heterocycles. The van der Waals surface area contributed by atoms with Crippen LogP contribution in [0.3, 0.4) is 0 Å². The fourth-order valence-electron chi connectivity index (χ4n) is 4.07. The second kappa shape index (κ2) is 9.84. The first-order valence-electron chi connectivity index (χ1n) is 11.1. The number of halogens is 1. The van der Waals surface area contributed by atoms with Crippen molar-refractivity contribution in [2.45, 2.75) is 25.7 Å². The van der Waals surface area contributed by atoms with Gasteiger partial charge >= 0.3 is 0 Å². The minimum Gasteiger partial charge on any atom is -0.369 e. The van der Waals surface area contributed by atoms with Crippen LogP contribution >= 0.6 is 0 Å². The lowest BCUT2D eigenvalue weighted by molar-refractivity contribution is 0.589. The topological polar surface area (TPSA) is 74.6 Å². The van der Waals surface area contributed by atoms with E-state index in [0.717, 1.165) is 48.3 Å². The molecule has 0 spiro atoms. The number of benzene rings is 1. The van der Waals surface area contributed by atoms with Crippen molar-refractivity contribution in [2.75, 3.05) is 42.7 Å². The molecule has 0 bridgehead atoms.